The van der Waals surface area contributed by atoms with E-state index in [1.807, 2.05) is 12.1 Å². The van der Waals surface area contributed by atoms with Crippen LogP contribution in [-0.4, -0.2) is 36.0 Å². The molecule has 0 saturated heterocycles. The molecule has 0 bridgehead atoms. The number of aliphatic carboxylic acids is 1. The number of methoxy groups -OCH3 is 1. The zero-order valence-electron chi connectivity index (χ0n) is 12.9. The standard InChI is InChI=1S/C18H17NO4/c1-19-16(13-9-5-6-10-14(13)23-2)15(18(21)22)11-7-3-4-8-12(11)17(19)20/h3-10,15-16H,1-2H3,(H,21,22)/t15-,16+/m1/s1. The van der Waals surface area contributed by atoms with E-state index in [-0.39, 0.29) is 5.91 Å². The molecule has 0 saturated carbocycles. The molecule has 1 N–H and O–H groups in total. The molecule has 2 aromatic carbocycles. The van der Waals surface area contributed by atoms with E-state index in [9.17, 15) is 14.7 Å². The van der Waals surface area contributed by atoms with Crippen LogP contribution in [0.4, 0.5) is 0 Å². The first-order valence-electron chi connectivity index (χ1n) is 7.28. The van der Waals surface area contributed by atoms with Crippen LogP contribution in [0.25, 0.3) is 0 Å². The molecule has 5 nitrogen and oxygen atoms in total. The molecule has 0 spiro atoms. The van der Waals surface area contributed by atoms with Crippen molar-refractivity contribution in [1.82, 2.24) is 4.90 Å². The summed E-state index contributed by atoms with van der Waals surface area (Å²) in [6, 6.07) is 13.5. The third-order valence-electron chi connectivity index (χ3n) is 4.30. The van der Waals surface area contributed by atoms with Crippen LogP contribution in [0.15, 0.2) is 48.5 Å². The Morgan fingerprint density at radius 3 is 2.35 bits per heavy atom. The summed E-state index contributed by atoms with van der Waals surface area (Å²) < 4.78 is 5.37. The third-order valence-corrected chi connectivity index (χ3v) is 4.30. The van der Waals surface area contributed by atoms with Gasteiger partial charge in [0.1, 0.15) is 11.7 Å². The van der Waals surface area contributed by atoms with Crippen LogP contribution in [-0.2, 0) is 4.79 Å². The summed E-state index contributed by atoms with van der Waals surface area (Å²) in [6.45, 7) is 0. The lowest BCUT2D eigenvalue weighted by Gasteiger charge is -2.39. The molecule has 0 aliphatic carbocycles. The van der Waals surface area contributed by atoms with Crippen LogP contribution in [0.3, 0.4) is 0 Å². The number of amides is 1. The minimum atomic E-state index is -0.965. The molecule has 0 radical (unpaired) electrons. The van der Waals surface area contributed by atoms with Gasteiger partial charge in [-0.2, -0.15) is 0 Å². The summed E-state index contributed by atoms with van der Waals surface area (Å²) in [4.78, 5) is 26.1. The number of carbonyl (C=O) groups is 2. The maximum atomic E-state index is 12.7. The number of likely N-dealkylation sites (N-methyl/N-ethyl adjacent to an activating group) is 1. The molecule has 1 heterocycles. The van der Waals surface area contributed by atoms with Crippen LogP contribution in [0.1, 0.15) is 33.4 Å². The molecule has 2 aromatic rings. The highest BCUT2D eigenvalue weighted by Gasteiger charge is 2.43. The summed E-state index contributed by atoms with van der Waals surface area (Å²) >= 11 is 0. The Balaban J connectivity index is 2.23. The van der Waals surface area contributed by atoms with E-state index in [0.29, 0.717) is 22.4 Å². The van der Waals surface area contributed by atoms with Gasteiger partial charge in [0.15, 0.2) is 0 Å². The van der Waals surface area contributed by atoms with Gasteiger partial charge in [-0.3, -0.25) is 9.59 Å². The summed E-state index contributed by atoms with van der Waals surface area (Å²) in [7, 11) is 3.17. The van der Waals surface area contributed by atoms with Gasteiger partial charge in [0.25, 0.3) is 5.91 Å². The number of para-hydroxylation sites is 1. The predicted molar refractivity (Wildman–Crippen MR) is 84.6 cm³/mol. The van der Waals surface area contributed by atoms with Gasteiger partial charge in [-0.05, 0) is 17.7 Å². The topological polar surface area (TPSA) is 66.8 Å². The number of nitrogens with zero attached hydrogens (tertiary/aromatic N) is 1. The average molecular weight is 311 g/mol. The third kappa shape index (κ3) is 2.34. The highest BCUT2D eigenvalue weighted by atomic mass is 16.5. The monoisotopic (exact) mass is 311 g/mol. The zero-order chi connectivity index (χ0) is 16.6. The van der Waals surface area contributed by atoms with E-state index < -0.39 is 17.9 Å². The SMILES string of the molecule is COc1ccccc1[C@H]1[C@H](C(=O)O)c2ccccc2C(=O)N1C. The fraction of sp³-hybridized carbons (Fsp3) is 0.222. The van der Waals surface area contributed by atoms with Crippen molar-refractivity contribution in [3.63, 3.8) is 0 Å². The summed E-state index contributed by atoms with van der Waals surface area (Å²) in [5, 5.41) is 9.81. The number of carboxylic acid groups (broad SMARTS) is 1. The van der Waals surface area contributed by atoms with Crippen LogP contribution >= 0.6 is 0 Å². The van der Waals surface area contributed by atoms with Crippen molar-refractivity contribution >= 4 is 11.9 Å². The number of hydrogen-bond donors (Lipinski definition) is 1. The van der Waals surface area contributed by atoms with Crippen LogP contribution in [0.2, 0.25) is 0 Å². The lowest BCUT2D eigenvalue weighted by atomic mass is 9.80. The van der Waals surface area contributed by atoms with Gasteiger partial charge in [-0.1, -0.05) is 36.4 Å². The summed E-state index contributed by atoms with van der Waals surface area (Å²) in [6.07, 6.45) is 0. The van der Waals surface area contributed by atoms with E-state index >= 15 is 0 Å². The van der Waals surface area contributed by atoms with Crippen molar-refractivity contribution in [3.05, 3.63) is 65.2 Å². The zero-order valence-corrected chi connectivity index (χ0v) is 12.9. The molecular formula is C18H17NO4. The lowest BCUT2D eigenvalue weighted by molar-refractivity contribution is -0.140. The minimum Gasteiger partial charge on any atom is -0.496 e. The molecule has 0 aromatic heterocycles. The summed E-state index contributed by atoms with van der Waals surface area (Å²) in [5.41, 5.74) is 1.67. The Morgan fingerprint density at radius 2 is 1.70 bits per heavy atom. The average Bonchev–Trinajstić information content (AvgIpc) is 2.57. The normalized spacial score (nSPS) is 20.1. The first kappa shape index (κ1) is 15.1. The number of fused-ring (bicyclic) bond motifs is 1. The second-order valence-corrected chi connectivity index (χ2v) is 5.51. The number of ether oxygens (including phenoxy) is 1. The first-order chi connectivity index (χ1) is 11.1. The van der Waals surface area contributed by atoms with Crippen molar-refractivity contribution in [2.75, 3.05) is 14.2 Å². The van der Waals surface area contributed by atoms with Gasteiger partial charge in [-0.15, -0.1) is 0 Å². The van der Waals surface area contributed by atoms with E-state index in [2.05, 4.69) is 0 Å². The lowest BCUT2D eigenvalue weighted by Crippen LogP contribution is -2.42. The molecule has 1 amide bonds. The van der Waals surface area contributed by atoms with Crippen LogP contribution < -0.4 is 4.74 Å². The Morgan fingerprint density at radius 1 is 1.09 bits per heavy atom. The molecule has 1 aliphatic rings. The molecular weight excluding hydrogens is 294 g/mol. The second kappa shape index (κ2) is 5.76. The Hall–Kier alpha value is -2.82. The summed E-state index contributed by atoms with van der Waals surface area (Å²) in [5.74, 6) is -1.42. The maximum Gasteiger partial charge on any atom is 0.313 e. The predicted octanol–water partition coefficient (Wildman–Crippen LogP) is 2.69. The van der Waals surface area contributed by atoms with Crippen molar-refractivity contribution in [3.8, 4) is 5.75 Å². The largest absolute Gasteiger partial charge is 0.496 e. The number of benzene rings is 2. The van der Waals surface area contributed by atoms with E-state index in [4.69, 9.17) is 4.74 Å². The van der Waals surface area contributed by atoms with Crippen molar-refractivity contribution in [2.24, 2.45) is 0 Å². The second-order valence-electron chi connectivity index (χ2n) is 5.51. The molecule has 5 heteroatoms. The first-order valence-corrected chi connectivity index (χ1v) is 7.28. The number of rotatable bonds is 3. The fourth-order valence-corrected chi connectivity index (χ4v) is 3.24. The molecule has 2 atom stereocenters. The molecule has 23 heavy (non-hydrogen) atoms. The highest BCUT2D eigenvalue weighted by molar-refractivity contribution is 6.00. The van der Waals surface area contributed by atoms with Crippen molar-refractivity contribution in [2.45, 2.75) is 12.0 Å². The van der Waals surface area contributed by atoms with Gasteiger partial charge >= 0.3 is 5.97 Å². The van der Waals surface area contributed by atoms with Gasteiger partial charge < -0.3 is 14.7 Å². The van der Waals surface area contributed by atoms with E-state index in [0.717, 1.165) is 0 Å². The molecule has 0 unspecified atom stereocenters. The van der Waals surface area contributed by atoms with Crippen LogP contribution in [0, 0.1) is 0 Å². The Kier molecular flexibility index (Phi) is 3.78. The number of carbonyl (C=O) groups excluding carboxylic acids is 1. The van der Waals surface area contributed by atoms with Crippen molar-refractivity contribution < 1.29 is 19.4 Å². The molecule has 118 valence electrons. The molecule has 3 rings (SSSR count). The highest BCUT2D eigenvalue weighted by Crippen LogP contribution is 2.44. The smallest absolute Gasteiger partial charge is 0.313 e. The number of hydrogen-bond acceptors (Lipinski definition) is 3. The minimum absolute atomic E-state index is 0.186. The molecule has 0 fully saturated rings. The van der Waals surface area contributed by atoms with E-state index in [1.165, 1.54) is 12.0 Å². The van der Waals surface area contributed by atoms with Crippen molar-refractivity contribution in [1.29, 1.82) is 0 Å². The van der Waals surface area contributed by atoms with Gasteiger partial charge in [0.05, 0.1) is 13.2 Å². The van der Waals surface area contributed by atoms with Gasteiger partial charge in [0, 0.05) is 18.2 Å². The van der Waals surface area contributed by atoms with E-state index in [1.54, 1.807) is 43.4 Å². The van der Waals surface area contributed by atoms with Crippen LogP contribution in [0.5, 0.6) is 5.75 Å². The fourth-order valence-electron chi connectivity index (χ4n) is 3.24. The van der Waals surface area contributed by atoms with Gasteiger partial charge in [-0.25, -0.2) is 0 Å². The molecule has 1 aliphatic heterocycles. The Labute approximate surface area is 134 Å². The van der Waals surface area contributed by atoms with Gasteiger partial charge in [0.2, 0.25) is 0 Å². The Bertz CT molecular complexity index is 771. The number of carboxylic acids is 1. The maximum absolute atomic E-state index is 12.7. The quantitative estimate of drug-likeness (QED) is 0.946.